The molecule has 1 amide bonds. The zero-order valence-corrected chi connectivity index (χ0v) is 14.5. The Balaban J connectivity index is 1.38. The van der Waals surface area contributed by atoms with Crippen molar-refractivity contribution in [2.45, 2.75) is 44.5 Å². The molecule has 1 saturated carbocycles. The van der Waals surface area contributed by atoms with E-state index in [1.54, 1.807) is 6.92 Å². The summed E-state index contributed by atoms with van der Waals surface area (Å²) in [5.74, 6) is -0.880. The first-order valence-corrected chi connectivity index (χ1v) is 8.69. The number of nitrogens with one attached hydrogen (secondary N) is 2. The van der Waals surface area contributed by atoms with Gasteiger partial charge in [-0.3, -0.25) is 0 Å². The molecule has 2 aromatic carbocycles. The first-order valence-electron chi connectivity index (χ1n) is 8.69. The molecule has 1 unspecified atom stereocenters. The van der Waals surface area contributed by atoms with Crippen molar-refractivity contribution in [3.63, 3.8) is 0 Å². The molecule has 0 bridgehead atoms. The van der Waals surface area contributed by atoms with E-state index in [1.165, 1.54) is 6.07 Å². The van der Waals surface area contributed by atoms with Gasteiger partial charge in [-0.05, 0) is 43.5 Å². The van der Waals surface area contributed by atoms with Crippen LogP contribution in [0.1, 0.15) is 36.9 Å². The predicted molar refractivity (Wildman–Crippen MR) is 94.5 cm³/mol. The number of ether oxygens (including phenoxy) is 1. The van der Waals surface area contributed by atoms with Gasteiger partial charge in [0, 0.05) is 23.7 Å². The number of carbonyl (C=O) groups is 1. The molecular formula is C20H22F2N2O2. The van der Waals surface area contributed by atoms with E-state index < -0.39 is 17.7 Å². The lowest BCUT2D eigenvalue weighted by molar-refractivity contribution is 0.124. The molecule has 6 heteroatoms. The van der Waals surface area contributed by atoms with Crippen molar-refractivity contribution in [1.29, 1.82) is 0 Å². The van der Waals surface area contributed by atoms with E-state index in [-0.39, 0.29) is 24.7 Å². The number of carbonyl (C=O) groups excluding carboxylic acids is 1. The van der Waals surface area contributed by atoms with Gasteiger partial charge in [-0.2, -0.15) is 0 Å². The fraction of sp³-hybridized carbons (Fsp3) is 0.350. The van der Waals surface area contributed by atoms with Gasteiger partial charge in [0.05, 0.1) is 0 Å². The molecule has 2 N–H and O–H groups in total. The van der Waals surface area contributed by atoms with Crippen molar-refractivity contribution in [2.24, 2.45) is 0 Å². The third kappa shape index (κ3) is 4.79. The van der Waals surface area contributed by atoms with Crippen LogP contribution in [0.2, 0.25) is 0 Å². The quantitative estimate of drug-likeness (QED) is 0.816. The van der Waals surface area contributed by atoms with Gasteiger partial charge in [-0.15, -0.1) is 0 Å². The zero-order valence-electron chi connectivity index (χ0n) is 14.5. The number of hydrogen-bond acceptors (Lipinski definition) is 3. The maximum absolute atomic E-state index is 13.8. The summed E-state index contributed by atoms with van der Waals surface area (Å²) in [5, 5.41) is 6.08. The van der Waals surface area contributed by atoms with Crippen LogP contribution in [0.3, 0.4) is 0 Å². The topological polar surface area (TPSA) is 50.4 Å². The molecule has 1 atom stereocenters. The predicted octanol–water partition coefficient (Wildman–Crippen LogP) is 4.07. The van der Waals surface area contributed by atoms with Gasteiger partial charge in [0.15, 0.2) is 0 Å². The van der Waals surface area contributed by atoms with E-state index in [4.69, 9.17) is 4.74 Å². The SMILES string of the molecule is CC(NC1CC(NC(=O)OCc2ccccc2)C1)c1cc(F)ccc1F. The summed E-state index contributed by atoms with van der Waals surface area (Å²) in [6.07, 6.45) is 1.00. The van der Waals surface area contributed by atoms with E-state index in [1.807, 2.05) is 30.3 Å². The smallest absolute Gasteiger partial charge is 0.407 e. The fourth-order valence-electron chi connectivity index (χ4n) is 3.09. The highest BCUT2D eigenvalue weighted by molar-refractivity contribution is 5.67. The van der Waals surface area contributed by atoms with Crippen LogP contribution in [-0.2, 0) is 11.3 Å². The molecule has 0 heterocycles. The minimum Gasteiger partial charge on any atom is -0.445 e. The van der Waals surface area contributed by atoms with Gasteiger partial charge in [-0.1, -0.05) is 30.3 Å². The van der Waals surface area contributed by atoms with Gasteiger partial charge in [0.25, 0.3) is 0 Å². The third-order valence-electron chi connectivity index (χ3n) is 4.58. The Morgan fingerprint density at radius 2 is 1.88 bits per heavy atom. The second-order valence-corrected chi connectivity index (χ2v) is 6.63. The third-order valence-corrected chi connectivity index (χ3v) is 4.58. The highest BCUT2D eigenvalue weighted by Gasteiger charge is 2.32. The minimum absolute atomic E-state index is 0.0281. The van der Waals surface area contributed by atoms with Crippen LogP contribution < -0.4 is 10.6 Å². The molecule has 1 fully saturated rings. The lowest BCUT2D eigenvalue weighted by Gasteiger charge is -2.38. The van der Waals surface area contributed by atoms with Crippen LogP contribution in [-0.4, -0.2) is 18.2 Å². The zero-order chi connectivity index (χ0) is 18.5. The van der Waals surface area contributed by atoms with Crippen LogP contribution in [0.4, 0.5) is 13.6 Å². The second-order valence-electron chi connectivity index (χ2n) is 6.63. The normalized spacial score (nSPS) is 20.1. The summed E-state index contributed by atoms with van der Waals surface area (Å²) in [4.78, 5) is 11.8. The van der Waals surface area contributed by atoms with Crippen molar-refractivity contribution >= 4 is 6.09 Å². The standard InChI is InChI=1S/C20H22F2N2O2/c1-13(18-9-15(21)7-8-19(18)22)23-16-10-17(11-16)24-20(25)26-12-14-5-3-2-4-6-14/h2-9,13,16-17,23H,10-12H2,1H3,(H,24,25). The average Bonchev–Trinajstić information content (AvgIpc) is 2.61. The Kier molecular flexibility index (Phi) is 5.83. The first-order chi connectivity index (χ1) is 12.5. The second kappa shape index (κ2) is 8.27. The van der Waals surface area contributed by atoms with E-state index in [9.17, 15) is 13.6 Å². The van der Waals surface area contributed by atoms with Crippen LogP contribution in [0, 0.1) is 11.6 Å². The van der Waals surface area contributed by atoms with Crippen LogP contribution in [0.5, 0.6) is 0 Å². The number of amides is 1. The molecule has 0 saturated heterocycles. The Bertz CT molecular complexity index is 749. The number of benzene rings is 2. The Morgan fingerprint density at radius 1 is 1.15 bits per heavy atom. The molecule has 0 spiro atoms. The molecule has 4 nitrogen and oxygen atoms in total. The summed E-state index contributed by atoms with van der Waals surface area (Å²) in [5.41, 5.74) is 1.24. The summed E-state index contributed by atoms with van der Waals surface area (Å²) in [6, 6.07) is 12.8. The van der Waals surface area contributed by atoms with Gasteiger partial charge in [0.2, 0.25) is 0 Å². The minimum atomic E-state index is -0.454. The Morgan fingerprint density at radius 3 is 2.62 bits per heavy atom. The van der Waals surface area contributed by atoms with Crippen molar-refractivity contribution in [2.75, 3.05) is 0 Å². The van der Waals surface area contributed by atoms with Crippen LogP contribution >= 0.6 is 0 Å². The fourth-order valence-corrected chi connectivity index (χ4v) is 3.09. The lowest BCUT2D eigenvalue weighted by Crippen LogP contribution is -2.52. The molecule has 1 aliphatic rings. The molecule has 0 aromatic heterocycles. The molecule has 2 aromatic rings. The van der Waals surface area contributed by atoms with Gasteiger partial charge < -0.3 is 15.4 Å². The number of rotatable bonds is 6. The summed E-state index contributed by atoms with van der Waals surface area (Å²) < 4.78 is 32.3. The monoisotopic (exact) mass is 360 g/mol. The van der Waals surface area contributed by atoms with Gasteiger partial charge >= 0.3 is 6.09 Å². The van der Waals surface area contributed by atoms with E-state index in [2.05, 4.69) is 10.6 Å². The Hall–Kier alpha value is -2.47. The molecule has 3 rings (SSSR count). The van der Waals surface area contributed by atoms with Gasteiger partial charge in [-0.25, -0.2) is 13.6 Å². The van der Waals surface area contributed by atoms with Crippen molar-refractivity contribution in [1.82, 2.24) is 10.6 Å². The molecule has 0 aliphatic heterocycles. The lowest BCUT2D eigenvalue weighted by atomic mass is 9.86. The summed E-state index contributed by atoms with van der Waals surface area (Å²) >= 11 is 0. The van der Waals surface area contributed by atoms with Crippen LogP contribution in [0.25, 0.3) is 0 Å². The van der Waals surface area contributed by atoms with E-state index >= 15 is 0 Å². The molecular weight excluding hydrogens is 338 g/mol. The molecule has 26 heavy (non-hydrogen) atoms. The first kappa shape index (κ1) is 18.3. The highest BCUT2D eigenvalue weighted by atomic mass is 19.1. The largest absolute Gasteiger partial charge is 0.445 e. The maximum atomic E-state index is 13.8. The van der Waals surface area contributed by atoms with E-state index in [0.717, 1.165) is 30.5 Å². The Labute approximate surface area is 151 Å². The number of halogens is 2. The number of hydrogen-bond donors (Lipinski definition) is 2. The highest BCUT2D eigenvalue weighted by Crippen LogP contribution is 2.25. The summed E-state index contributed by atoms with van der Waals surface area (Å²) in [7, 11) is 0. The number of alkyl carbamates (subject to hydrolysis) is 1. The average molecular weight is 360 g/mol. The molecule has 138 valence electrons. The van der Waals surface area contributed by atoms with Crippen molar-refractivity contribution < 1.29 is 18.3 Å². The van der Waals surface area contributed by atoms with E-state index in [0.29, 0.717) is 5.56 Å². The van der Waals surface area contributed by atoms with Crippen molar-refractivity contribution in [3.8, 4) is 0 Å². The van der Waals surface area contributed by atoms with Gasteiger partial charge in [0.1, 0.15) is 18.2 Å². The maximum Gasteiger partial charge on any atom is 0.407 e. The molecule has 0 radical (unpaired) electrons. The molecule has 1 aliphatic carbocycles. The van der Waals surface area contributed by atoms with Crippen molar-refractivity contribution in [3.05, 3.63) is 71.3 Å². The summed E-state index contributed by atoms with van der Waals surface area (Å²) in [6.45, 7) is 2.03. The van der Waals surface area contributed by atoms with Crippen LogP contribution in [0.15, 0.2) is 48.5 Å².